The molecule has 1 saturated carbocycles. The lowest BCUT2D eigenvalue weighted by Crippen LogP contribution is -2.23. The van der Waals surface area contributed by atoms with Gasteiger partial charge in [0.2, 0.25) is 0 Å². The van der Waals surface area contributed by atoms with Crippen LogP contribution in [0.5, 0.6) is 0 Å². The van der Waals surface area contributed by atoms with Crippen molar-refractivity contribution in [3.05, 3.63) is 12.2 Å². The van der Waals surface area contributed by atoms with E-state index in [1.807, 2.05) is 0 Å². The number of fused-ring (bicyclic) bond motifs is 2. The lowest BCUT2D eigenvalue weighted by atomic mass is 9.94. The van der Waals surface area contributed by atoms with E-state index in [1.54, 1.807) is 0 Å². The van der Waals surface area contributed by atoms with E-state index >= 15 is 0 Å². The average Bonchev–Trinajstić information content (AvgIpc) is 2.95. The van der Waals surface area contributed by atoms with E-state index < -0.39 is 0 Å². The van der Waals surface area contributed by atoms with Gasteiger partial charge in [0.15, 0.2) is 0 Å². The molecule has 96 valence electrons. The van der Waals surface area contributed by atoms with Crippen molar-refractivity contribution in [2.45, 2.75) is 32.6 Å². The molecule has 3 atom stereocenters. The summed E-state index contributed by atoms with van der Waals surface area (Å²) in [5, 5.41) is 0. The van der Waals surface area contributed by atoms with Crippen LogP contribution in [0.4, 0.5) is 0 Å². The first-order chi connectivity index (χ1) is 8.31. The molecule has 1 fully saturated rings. The number of rotatable bonds is 7. The first-order valence-electron chi connectivity index (χ1n) is 6.74. The largest absolute Gasteiger partial charge is 0.463 e. The number of unbranched alkanes of at least 4 members (excludes halogenated alkanes) is 1. The number of ether oxygens (including phenoxy) is 2. The molecule has 3 heteroatoms. The minimum atomic E-state index is -0.0269. The lowest BCUT2D eigenvalue weighted by Gasteiger charge is -2.16. The Morgan fingerprint density at radius 3 is 2.76 bits per heavy atom. The van der Waals surface area contributed by atoms with E-state index in [2.05, 4.69) is 19.1 Å². The minimum Gasteiger partial charge on any atom is -0.463 e. The predicted molar refractivity (Wildman–Crippen MR) is 65.5 cm³/mol. The quantitative estimate of drug-likeness (QED) is 0.388. The molecule has 0 amide bonds. The minimum absolute atomic E-state index is 0.0269. The van der Waals surface area contributed by atoms with Crippen LogP contribution in [0, 0.1) is 17.8 Å². The van der Waals surface area contributed by atoms with Crippen molar-refractivity contribution in [1.29, 1.82) is 0 Å². The Labute approximate surface area is 103 Å². The fraction of sp³-hybridized carbons (Fsp3) is 0.786. The molecular formula is C14H22O3. The number of hydrogen-bond acceptors (Lipinski definition) is 3. The van der Waals surface area contributed by atoms with Crippen LogP contribution in [0.25, 0.3) is 0 Å². The molecule has 3 nitrogen and oxygen atoms in total. The van der Waals surface area contributed by atoms with Crippen LogP contribution in [0.3, 0.4) is 0 Å². The lowest BCUT2D eigenvalue weighted by molar-refractivity contribution is -0.151. The van der Waals surface area contributed by atoms with E-state index in [0.29, 0.717) is 25.0 Å². The molecule has 2 aliphatic rings. The summed E-state index contributed by atoms with van der Waals surface area (Å²) < 4.78 is 10.6. The highest BCUT2D eigenvalue weighted by molar-refractivity contribution is 5.74. The van der Waals surface area contributed by atoms with Gasteiger partial charge in [0.1, 0.15) is 6.61 Å². The summed E-state index contributed by atoms with van der Waals surface area (Å²) in [6.07, 6.45) is 8.76. The maximum absolute atomic E-state index is 11.8. The van der Waals surface area contributed by atoms with E-state index in [9.17, 15) is 4.79 Å². The van der Waals surface area contributed by atoms with Crippen molar-refractivity contribution in [1.82, 2.24) is 0 Å². The van der Waals surface area contributed by atoms with Gasteiger partial charge in [-0.3, -0.25) is 4.79 Å². The zero-order valence-corrected chi connectivity index (χ0v) is 10.6. The molecule has 0 heterocycles. The molecule has 0 saturated heterocycles. The molecule has 0 spiro atoms. The third-order valence-corrected chi connectivity index (χ3v) is 3.70. The molecule has 2 aliphatic carbocycles. The summed E-state index contributed by atoms with van der Waals surface area (Å²) in [4.78, 5) is 11.8. The number of carbonyl (C=O) groups is 1. The molecule has 0 aromatic carbocycles. The smallest absolute Gasteiger partial charge is 0.309 e. The maximum atomic E-state index is 11.8. The van der Waals surface area contributed by atoms with Crippen LogP contribution in [-0.4, -0.2) is 25.8 Å². The molecular weight excluding hydrogens is 216 g/mol. The maximum Gasteiger partial charge on any atom is 0.309 e. The van der Waals surface area contributed by atoms with Crippen LogP contribution in [-0.2, 0) is 14.3 Å². The molecule has 0 aliphatic heterocycles. The second-order valence-electron chi connectivity index (χ2n) is 5.02. The van der Waals surface area contributed by atoms with Gasteiger partial charge in [-0.15, -0.1) is 0 Å². The summed E-state index contributed by atoms with van der Waals surface area (Å²) in [6.45, 7) is 3.83. The second kappa shape index (κ2) is 6.20. The van der Waals surface area contributed by atoms with Gasteiger partial charge in [0.25, 0.3) is 0 Å². The van der Waals surface area contributed by atoms with E-state index in [4.69, 9.17) is 9.47 Å². The summed E-state index contributed by atoms with van der Waals surface area (Å²) >= 11 is 0. The summed E-state index contributed by atoms with van der Waals surface area (Å²) in [5.74, 6) is 1.15. The van der Waals surface area contributed by atoms with Gasteiger partial charge in [-0.25, -0.2) is 0 Å². The Bertz CT molecular complexity index is 285. The van der Waals surface area contributed by atoms with Crippen LogP contribution in [0.1, 0.15) is 32.6 Å². The normalized spacial score (nSPS) is 29.8. The number of carbonyl (C=O) groups excluding carboxylic acids is 1. The first-order valence-corrected chi connectivity index (χ1v) is 6.74. The van der Waals surface area contributed by atoms with Gasteiger partial charge < -0.3 is 9.47 Å². The van der Waals surface area contributed by atoms with Gasteiger partial charge in [0.05, 0.1) is 12.5 Å². The number of esters is 1. The van der Waals surface area contributed by atoms with Crippen molar-refractivity contribution in [2.24, 2.45) is 17.8 Å². The topological polar surface area (TPSA) is 35.5 Å². The number of allylic oxidation sites excluding steroid dienone is 2. The fourth-order valence-electron chi connectivity index (χ4n) is 2.71. The predicted octanol–water partition coefficient (Wildman–Crippen LogP) is 2.56. The average molecular weight is 238 g/mol. The van der Waals surface area contributed by atoms with E-state index in [-0.39, 0.29) is 11.9 Å². The Hall–Kier alpha value is -0.830. The van der Waals surface area contributed by atoms with Crippen molar-refractivity contribution in [3.8, 4) is 0 Å². The van der Waals surface area contributed by atoms with Crippen LogP contribution in [0.2, 0.25) is 0 Å². The Morgan fingerprint density at radius 2 is 2.12 bits per heavy atom. The molecule has 0 N–H and O–H groups in total. The van der Waals surface area contributed by atoms with Gasteiger partial charge in [-0.1, -0.05) is 25.5 Å². The Morgan fingerprint density at radius 1 is 1.24 bits per heavy atom. The fourth-order valence-corrected chi connectivity index (χ4v) is 2.71. The Kier molecular flexibility index (Phi) is 4.60. The van der Waals surface area contributed by atoms with Crippen LogP contribution in [0.15, 0.2) is 12.2 Å². The molecule has 17 heavy (non-hydrogen) atoms. The second-order valence-corrected chi connectivity index (χ2v) is 5.02. The van der Waals surface area contributed by atoms with Crippen molar-refractivity contribution in [3.63, 3.8) is 0 Å². The van der Waals surface area contributed by atoms with Crippen LogP contribution >= 0.6 is 0 Å². The van der Waals surface area contributed by atoms with Crippen molar-refractivity contribution in [2.75, 3.05) is 19.8 Å². The monoisotopic (exact) mass is 238 g/mol. The molecule has 3 unspecified atom stereocenters. The highest BCUT2D eigenvalue weighted by atomic mass is 16.6. The van der Waals surface area contributed by atoms with E-state index in [1.165, 1.54) is 0 Å². The molecule has 2 bridgehead atoms. The van der Waals surface area contributed by atoms with Gasteiger partial charge in [0, 0.05) is 6.61 Å². The zero-order valence-electron chi connectivity index (χ0n) is 10.6. The Balaban J connectivity index is 1.57. The van der Waals surface area contributed by atoms with Crippen molar-refractivity contribution < 1.29 is 14.3 Å². The van der Waals surface area contributed by atoms with Gasteiger partial charge >= 0.3 is 5.97 Å². The summed E-state index contributed by atoms with van der Waals surface area (Å²) in [7, 11) is 0. The molecule has 2 rings (SSSR count). The van der Waals surface area contributed by atoms with Gasteiger partial charge in [-0.05, 0) is 31.1 Å². The summed E-state index contributed by atoms with van der Waals surface area (Å²) in [6, 6.07) is 0. The van der Waals surface area contributed by atoms with Crippen LogP contribution < -0.4 is 0 Å². The summed E-state index contributed by atoms with van der Waals surface area (Å²) in [5.41, 5.74) is 0. The van der Waals surface area contributed by atoms with E-state index in [0.717, 1.165) is 32.3 Å². The molecule has 0 radical (unpaired) electrons. The standard InChI is InChI=1S/C14H22O3/c1-2-3-6-16-7-8-17-14(15)13-10-11-4-5-12(13)9-11/h4-5,11-13H,2-3,6-10H2,1H3. The molecule has 0 aromatic heterocycles. The third-order valence-electron chi connectivity index (χ3n) is 3.70. The first kappa shape index (κ1) is 12.6. The molecule has 0 aromatic rings. The highest BCUT2D eigenvalue weighted by Crippen LogP contribution is 2.43. The number of hydrogen-bond donors (Lipinski definition) is 0. The SMILES string of the molecule is CCCCOCCOC(=O)C1CC2C=CC1C2. The highest BCUT2D eigenvalue weighted by Gasteiger charge is 2.40. The zero-order chi connectivity index (χ0) is 12.1. The third kappa shape index (κ3) is 3.32. The van der Waals surface area contributed by atoms with Gasteiger partial charge in [-0.2, -0.15) is 0 Å². The van der Waals surface area contributed by atoms with Crippen molar-refractivity contribution >= 4 is 5.97 Å².